The second kappa shape index (κ2) is 11.0. The molecule has 2 aromatic carbocycles. The summed E-state index contributed by atoms with van der Waals surface area (Å²) in [5, 5.41) is 9.52. The van der Waals surface area contributed by atoms with Crippen molar-refractivity contribution in [2.24, 2.45) is 0 Å². The maximum absolute atomic E-state index is 12.9. The van der Waals surface area contributed by atoms with Crippen molar-refractivity contribution in [1.29, 1.82) is 0 Å². The molecule has 0 unspecified atom stereocenters. The van der Waals surface area contributed by atoms with E-state index in [0.717, 1.165) is 11.4 Å². The first-order valence-electron chi connectivity index (χ1n) is 10.4. The van der Waals surface area contributed by atoms with E-state index in [4.69, 9.17) is 9.94 Å². The Labute approximate surface area is 189 Å². The summed E-state index contributed by atoms with van der Waals surface area (Å²) < 4.78 is 32.9. The van der Waals surface area contributed by atoms with Gasteiger partial charge >= 0.3 is 0 Å². The number of carbonyl (C=O) groups is 1. The third-order valence-corrected chi connectivity index (χ3v) is 6.87. The summed E-state index contributed by atoms with van der Waals surface area (Å²) in [6.07, 6.45) is 0.271. The van der Waals surface area contributed by atoms with Crippen LogP contribution >= 0.6 is 0 Å². The van der Waals surface area contributed by atoms with Crippen LogP contribution in [0, 0.1) is 11.8 Å². The van der Waals surface area contributed by atoms with Gasteiger partial charge in [-0.05, 0) is 48.9 Å². The van der Waals surface area contributed by atoms with Crippen LogP contribution in [0.2, 0.25) is 0 Å². The van der Waals surface area contributed by atoms with Crippen LogP contribution in [-0.4, -0.2) is 68.7 Å². The predicted molar refractivity (Wildman–Crippen MR) is 122 cm³/mol. The number of hydroxylamine groups is 2. The molecule has 1 saturated heterocycles. The zero-order valence-electron chi connectivity index (χ0n) is 18.0. The lowest BCUT2D eigenvalue weighted by molar-refractivity contribution is -0.146. The van der Waals surface area contributed by atoms with E-state index in [-0.39, 0.29) is 18.7 Å². The quantitative estimate of drug-likeness (QED) is 0.282. The lowest BCUT2D eigenvalue weighted by Gasteiger charge is -2.35. The van der Waals surface area contributed by atoms with Crippen molar-refractivity contribution >= 4 is 22.1 Å². The normalized spacial score (nSPS) is 14.4. The number of hydrogen-bond acceptors (Lipinski definition) is 6. The van der Waals surface area contributed by atoms with Gasteiger partial charge in [0, 0.05) is 37.4 Å². The van der Waals surface area contributed by atoms with Crippen molar-refractivity contribution in [3.63, 3.8) is 0 Å². The molecule has 1 fully saturated rings. The summed E-state index contributed by atoms with van der Waals surface area (Å²) in [5.41, 5.74) is 2.31. The standard InChI is InChI=1S/C23H27N3O5S/c1-2-31-23-10-8-22(9-11-23)24-13-15-26(16-14-24)32(29,30)18-21-6-3-5-20(17-21)7-4-12-25(28)19-27/h3,5-6,8-11,17,19,28H,2,12-16,18H2,1H3. The van der Waals surface area contributed by atoms with Gasteiger partial charge in [-0.1, -0.05) is 24.0 Å². The summed E-state index contributed by atoms with van der Waals surface area (Å²) in [4.78, 5) is 12.5. The molecule has 0 bridgehead atoms. The Morgan fingerprint density at radius 3 is 2.50 bits per heavy atom. The van der Waals surface area contributed by atoms with Crippen molar-refractivity contribution < 1.29 is 23.2 Å². The first kappa shape index (κ1) is 23.6. The lowest BCUT2D eigenvalue weighted by atomic mass is 10.1. The van der Waals surface area contributed by atoms with E-state index < -0.39 is 10.0 Å². The largest absolute Gasteiger partial charge is 0.494 e. The van der Waals surface area contributed by atoms with Gasteiger partial charge in [0.15, 0.2) is 0 Å². The molecule has 0 spiro atoms. The molecule has 2 aromatic rings. The smallest absolute Gasteiger partial charge is 0.234 e. The highest BCUT2D eigenvalue weighted by Gasteiger charge is 2.27. The minimum Gasteiger partial charge on any atom is -0.494 e. The maximum atomic E-state index is 12.9. The Bertz CT molecular complexity index is 1070. The Kier molecular flexibility index (Phi) is 8.11. The number of hydrogen-bond donors (Lipinski definition) is 1. The van der Waals surface area contributed by atoms with E-state index in [1.165, 1.54) is 4.31 Å². The Morgan fingerprint density at radius 2 is 1.84 bits per heavy atom. The molecule has 0 aromatic heterocycles. The maximum Gasteiger partial charge on any atom is 0.234 e. The SMILES string of the molecule is CCOc1ccc(N2CCN(S(=O)(=O)Cc3cccc(C#CCN(O)C=O)c3)CC2)cc1. The summed E-state index contributed by atoms with van der Waals surface area (Å²) in [6, 6.07) is 14.8. The van der Waals surface area contributed by atoms with Gasteiger partial charge in [-0.2, -0.15) is 4.31 Å². The number of carbonyl (C=O) groups excluding carboxylic acids is 1. The molecule has 0 aliphatic carbocycles. The third-order valence-electron chi connectivity index (χ3n) is 5.02. The molecule has 1 aliphatic heterocycles. The van der Waals surface area contributed by atoms with Crippen molar-refractivity contribution in [1.82, 2.24) is 9.37 Å². The molecule has 0 radical (unpaired) electrons. The molecule has 0 saturated carbocycles. The fourth-order valence-corrected chi connectivity index (χ4v) is 4.95. The van der Waals surface area contributed by atoms with Gasteiger partial charge in [0.05, 0.1) is 12.4 Å². The van der Waals surface area contributed by atoms with Crippen LogP contribution < -0.4 is 9.64 Å². The average Bonchev–Trinajstić information content (AvgIpc) is 2.80. The van der Waals surface area contributed by atoms with Crippen molar-refractivity contribution in [3.8, 4) is 17.6 Å². The topological polar surface area (TPSA) is 90.4 Å². The number of anilines is 1. The molecule has 32 heavy (non-hydrogen) atoms. The zero-order chi connectivity index (χ0) is 23.0. The second-order valence-corrected chi connectivity index (χ2v) is 9.24. The monoisotopic (exact) mass is 457 g/mol. The van der Waals surface area contributed by atoms with E-state index in [1.807, 2.05) is 31.2 Å². The Hall–Kier alpha value is -3.06. The molecule has 0 atom stereocenters. The van der Waals surface area contributed by atoms with Crippen LogP contribution in [0.15, 0.2) is 48.5 Å². The van der Waals surface area contributed by atoms with Crippen molar-refractivity contribution in [3.05, 3.63) is 59.7 Å². The van der Waals surface area contributed by atoms with Gasteiger partial charge in [-0.3, -0.25) is 10.0 Å². The second-order valence-electron chi connectivity index (χ2n) is 7.27. The summed E-state index contributed by atoms with van der Waals surface area (Å²) in [5.74, 6) is 6.19. The molecule has 1 amide bonds. The van der Waals surface area contributed by atoms with Crippen LogP contribution in [0.4, 0.5) is 5.69 Å². The molecule has 9 heteroatoms. The average molecular weight is 458 g/mol. The number of benzene rings is 2. The number of piperazine rings is 1. The van der Waals surface area contributed by atoms with Crippen LogP contribution in [0.25, 0.3) is 0 Å². The van der Waals surface area contributed by atoms with Crippen LogP contribution in [0.5, 0.6) is 5.75 Å². The molecule has 3 rings (SSSR count). The highest BCUT2D eigenvalue weighted by Crippen LogP contribution is 2.22. The molecule has 8 nitrogen and oxygen atoms in total. The molecule has 170 valence electrons. The van der Waals surface area contributed by atoms with E-state index in [1.54, 1.807) is 24.3 Å². The molecule has 1 aliphatic rings. The first-order valence-corrected chi connectivity index (χ1v) is 12.0. The first-order chi connectivity index (χ1) is 15.4. The fraction of sp³-hybridized carbons (Fsp3) is 0.348. The van der Waals surface area contributed by atoms with Gasteiger partial charge < -0.3 is 9.64 Å². The van der Waals surface area contributed by atoms with E-state index >= 15 is 0 Å². The number of rotatable bonds is 8. The molecule has 1 N–H and O–H groups in total. The van der Waals surface area contributed by atoms with Crippen molar-refractivity contribution in [2.75, 3.05) is 44.2 Å². The van der Waals surface area contributed by atoms with Gasteiger partial charge in [0.1, 0.15) is 12.3 Å². The van der Waals surface area contributed by atoms with Crippen molar-refractivity contribution in [2.45, 2.75) is 12.7 Å². The number of nitrogens with zero attached hydrogens (tertiary/aromatic N) is 3. The van der Waals surface area contributed by atoms with E-state index in [2.05, 4.69) is 16.7 Å². The van der Waals surface area contributed by atoms with Gasteiger partial charge in [0.25, 0.3) is 0 Å². The predicted octanol–water partition coefficient (Wildman–Crippen LogP) is 1.94. The van der Waals surface area contributed by atoms with Crippen LogP contribution in [0.1, 0.15) is 18.1 Å². The lowest BCUT2D eigenvalue weighted by Crippen LogP contribution is -2.49. The fourth-order valence-electron chi connectivity index (χ4n) is 3.44. The number of sulfonamides is 1. The van der Waals surface area contributed by atoms with E-state index in [0.29, 0.717) is 49.0 Å². The van der Waals surface area contributed by atoms with E-state index in [9.17, 15) is 13.2 Å². The number of ether oxygens (including phenoxy) is 1. The third kappa shape index (κ3) is 6.47. The minimum absolute atomic E-state index is 0.105. The zero-order valence-corrected chi connectivity index (χ0v) is 18.8. The molecular formula is C23H27N3O5S. The highest BCUT2D eigenvalue weighted by atomic mass is 32.2. The summed E-state index contributed by atoms with van der Waals surface area (Å²) in [6.45, 7) is 4.52. The highest BCUT2D eigenvalue weighted by molar-refractivity contribution is 7.88. The van der Waals surface area contributed by atoms with Gasteiger partial charge in [-0.15, -0.1) is 0 Å². The number of amides is 1. The van der Waals surface area contributed by atoms with Gasteiger partial charge in [0.2, 0.25) is 16.4 Å². The van der Waals surface area contributed by atoms with Crippen LogP contribution in [0.3, 0.4) is 0 Å². The minimum atomic E-state index is -3.47. The Morgan fingerprint density at radius 1 is 1.12 bits per heavy atom. The molecule has 1 heterocycles. The molecular weight excluding hydrogens is 430 g/mol. The summed E-state index contributed by atoms with van der Waals surface area (Å²) in [7, 11) is -3.47. The van der Waals surface area contributed by atoms with Gasteiger partial charge in [-0.25, -0.2) is 13.5 Å². The van der Waals surface area contributed by atoms with Crippen LogP contribution in [-0.2, 0) is 20.6 Å². The summed E-state index contributed by atoms with van der Waals surface area (Å²) >= 11 is 0. The Balaban J connectivity index is 1.58.